The molecule has 1 aliphatic rings. The summed E-state index contributed by atoms with van der Waals surface area (Å²) in [5, 5.41) is 3.33. The second kappa shape index (κ2) is 9.32. The molecule has 0 bridgehead atoms. The lowest BCUT2D eigenvalue weighted by Crippen LogP contribution is -2.36. The molecule has 0 aromatic carbocycles. The summed E-state index contributed by atoms with van der Waals surface area (Å²) in [6.07, 6.45) is 8.07. The molecule has 1 saturated carbocycles. The maximum absolute atomic E-state index is 11.2. The number of carbonyl (C=O) groups excluding carboxylic acids is 1. The van der Waals surface area contributed by atoms with E-state index in [2.05, 4.69) is 17.3 Å². The number of nitrogens with zero attached hydrogens (tertiary/aromatic N) is 1. The predicted octanol–water partition coefficient (Wildman–Crippen LogP) is 2.04. The third-order valence-electron chi connectivity index (χ3n) is 4.12. The van der Waals surface area contributed by atoms with Gasteiger partial charge in [-0.3, -0.25) is 4.79 Å². The number of rotatable bonds is 8. The summed E-state index contributed by atoms with van der Waals surface area (Å²) < 4.78 is 4.70. The van der Waals surface area contributed by atoms with Gasteiger partial charge in [0.1, 0.15) is 0 Å². The summed E-state index contributed by atoms with van der Waals surface area (Å²) in [7, 11) is 3.69. The van der Waals surface area contributed by atoms with Crippen molar-refractivity contribution in [2.45, 2.75) is 51.5 Å². The van der Waals surface area contributed by atoms with Gasteiger partial charge in [-0.05, 0) is 39.4 Å². The Kier molecular flexibility index (Phi) is 8.07. The molecule has 112 valence electrons. The molecule has 1 rings (SSSR count). The third-order valence-corrected chi connectivity index (χ3v) is 4.12. The number of nitrogens with one attached hydrogen (secondary N) is 1. The first-order chi connectivity index (χ1) is 9.15. The SMILES string of the molecule is COC(=O)C(C)CNCCCN(C)C1CCCCC1. The predicted molar refractivity (Wildman–Crippen MR) is 78.2 cm³/mol. The maximum atomic E-state index is 11.2. The van der Waals surface area contributed by atoms with E-state index in [1.54, 1.807) is 0 Å². The summed E-state index contributed by atoms with van der Waals surface area (Å²) in [4.78, 5) is 13.7. The molecule has 19 heavy (non-hydrogen) atoms. The molecule has 0 aromatic rings. The van der Waals surface area contributed by atoms with E-state index in [1.165, 1.54) is 39.2 Å². The molecule has 1 N–H and O–H groups in total. The van der Waals surface area contributed by atoms with Crippen molar-refractivity contribution in [2.24, 2.45) is 5.92 Å². The van der Waals surface area contributed by atoms with Crippen LogP contribution >= 0.6 is 0 Å². The fourth-order valence-corrected chi connectivity index (χ4v) is 2.76. The van der Waals surface area contributed by atoms with Gasteiger partial charge >= 0.3 is 5.97 Å². The van der Waals surface area contributed by atoms with E-state index in [0.29, 0.717) is 6.54 Å². The Balaban J connectivity index is 2.02. The van der Waals surface area contributed by atoms with Crippen LogP contribution in [0.15, 0.2) is 0 Å². The lowest BCUT2D eigenvalue weighted by atomic mass is 9.94. The molecule has 1 unspecified atom stereocenters. The molecule has 1 fully saturated rings. The zero-order valence-corrected chi connectivity index (χ0v) is 12.8. The third kappa shape index (κ3) is 6.39. The van der Waals surface area contributed by atoms with Crippen molar-refractivity contribution in [3.63, 3.8) is 0 Å². The molecule has 0 amide bonds. The van der Waals surface area contributed by atoms with E-state index < -0.39 is 0 Å². The molecule has 4 heteroatoms. The highest BCUT2D eigenvalue weighted by Crippen LogP contribution is 2.21. The van der Waals surface area contributed by atoms with Crippen molar-refractivity contribution in [3.8, 4) is 0 Å². The maximum Gasteiger partial charge on any atom is 0.309 e. The second-order valence-electron chi connectivity index (χ2n) is 5.75. The Labute approximate surface area is 117 Å². The van der Waals surface area contributed by atoms with Crippen LogP contribution in [0, 0.1) is 5.92 Å². The van der Waals surface area contributed by atoms with Crippen LogP contribution in [0.5, 0.6) is 0 Å². The molecule has 0 aromatic heterocycles. The normalized spacial score (nSPS) is 18.5. The Morgan fingerprint density at radius 1 is 1.37 bits per heavy atom. The molecule has 4 nitrogen and oxygen atoms in total. The summed E-state index contributed by atoms with van der Waals surface area (Å²) in [6.45, 7) is 4.72. The van der Waals surface area contributed by atoms with Crippen LogP contribution in [-0.4, -0.2) is 50.7 Å². The number of hydrogen-bond donors (Lipinski definition) is 1. The lowest BCUT2D eigenvalue weighted by Gasteiger charge is -2.31. The molecule has 1 atom stereocenters. The van der Waals surface area contributed by atoms with Gasteiger partial charge in [-0.2, -0.15) is 0 Å². The van der Waals surface area contributed by atoms with Gasteiger partial charge in [0.2, 0.25) is 0 Å². The highest BCUT2D eigenvalue weighted by molar-refractivity contribution is 5.71. The average molecular weight is 270 g/mol. The van der Waals surface area contributed by atoms with Gasteiger partial charge in [-0.1, -0.05) is 26.2 Å². The Bertz CT molecular complexity index is 253. The Hall–Kier alpha value is -0.610. The van der Waals surface area contributed by atoms with Gasteiger partial charge < -0.3 is 15.0 Å². The topological polar surface area (TPSA) is 41.6 Å². The lowest BCUT2D eigenvalue weighted by molar-refractivity contribution is -0.144. The summed E-state index contributed by atoms with van der Waals surface area (Å²) in [6, 6.07) is 0.794. The van der Waals surface area contributed by atoms with E-state index in [9.17, 15) is 4.79 Å². The number of hydrogen-bond acceptors (Lipinski definition) is 4. The van der Waals surface area contributed by atoms with Gasteiger partial charge in [0, 0.05) is 12.6 Å². The molecule has 0 saturated heterocycles. The van der Waals surface area contributed by atoms with E-state index in [-0.39, 0.29) is 11.9 Å². The molecule has 0 heterocycles. The van der Waals surface area contributed by atoms with Crippen LogP contribution in [0.4, 0.5) is 0 Å². The summed E-state index contributed by atoms with van der Waals surface area (Å²) in [5.74, 6) is -0.187. The highest BCUT2D eigenvalue weighted by Gasteiger charge is 2.17. The first-order valence-electron chi connectivity index (χ1n) is 7.64. The van der Waals surface area contributed by atoms with Crippen LogP contribution in [0.2, 0.25) is 0 Å². The van der Waals surface area contributed by atoms with Gasteiger partial charge in [0.25, 0.3) is 0 Å². The molecule has 0 spiro atoms. The van der Waals surface area contributed by atoms with Gasteiger partial charge in [-0.25, -0.2) is 0 Å². The van der Waals surface area contributed by atoms with Crippen LogP contribution < -0.4 is 5.32 Å². The fraction of sp³-hybridized carbons (Fsp3) is 0.933. The van der Waals surface area contributed by atoms with Crippen molar-refractivity contribution >= 4 is 5.97 Å². The van der Waals surface area contributed by atoms with Crippen molar-refractivity contribution < 1.29 is 9.53 Å². The molecular weight excluding hydrogens is 240 g/mol. The van der Waals surface area contributed by atoms with Crippen molar-refractivity contribution in [3.05, 3.63) is 0 Å². The average Bonchev–Trinajstić information content (AvgIpc) is 2.46. The smallest absolute Gasteiger partial charge is 0.309 e. The van der Waals surface area contributed by atoms with E-state index in [4.69, 9.17) is 4.74 Å². The number of esters is 1. The van der Waals surface area contributed by atoms with E-state index in [1.807, 2.05) is 6.92 Å². The van der Waals surface area contributed by atoms with Crippen LogP contribution in [0.1, 0.15) is 45.4 Å². The molecule has 0 aliphatic heterocycles. The monoisotopic (exact) mass is 270 g/mol. The van der Waals surface area contributed by atoms with Gasteiger partial charge in [0.05, 0.1) is 13.0 Å². The summed E-state index contributed by atoms with van der Waals surface area (Å²) in [5.41, 5.74) is 0. The first kappa shape index (κ1) is 16.4. The second-order valence-corrected chi connectivity index (χ2v) is 5.75. The first-order valence-corrected chi connectivity index (χ1v) is 7.64. The Morgan fingerprint density at radius 3 is 2.68 bits per heavy atom. The minimum Gasteiger partial charge on any atom is -0.469 e. The van der Waals surface area contributed by atoms with Crippen LogP contribution in [0.25, 0.3) is 0 Å². The van der Waals surface area contributed by atoms with Gasteiger partial charge in [0.15, 0.2) is 0 Å². The zero-order valence-electron chi connectivity index (χ0n) is 12.8. The van der Waals surface area contributed by atoms with Crippen molar-refractivity contribution in [2.75, 3.05) is 33.8 Å². The minimum atomic E-state index is -0.133. The zero-order chi connectivity index (χ0) is 14.1. The number of ether oxygens (including phenoxy) is 1. The summed E-state index contributed by atoms with van der Waals surface area (Å²) >= 11 is 0. The largest absolute Gasteiger partial charge is 0.469 e. The fourth-order valence-electron chi connectivity index (χ4n) is 2.76. The highest BCUT2D eigenvalue weighted by atomic mass is 16.5. The number of carbonyl (C=O) groups is 1. The van der Waals surface area contributed by atoms with Crippen molar-refractivity contribution in [1.29, 1.82) is 0 Å². The van der Waals surface area contributed by atoms with Crippen LogP contribution in [0.3, 0.4) is 0 Å². The minimum absolute atomic E-state index is 0.0546. The van der Waals surface area contributed by atoms with Crippen molar-refractivity contribution in [1.82, 2.24) is 10.2 Å². The Morgan fingerprint density at radius 2 is 2.05 bits per heavy atom. The molecular formula is C15H30N2O2. The van der Waals surface area contributed by atoms with Crippen LogP contribution in [-0.2, 0) is 9.53 Å². The quantitative estimate of drug-likeness (QED) is 0.541. The standard InChI is InChI=1S/C15H30N2O2/c1-13(15(18)19-3)12-16-10-7-11-17(2)14-8-5-4-6-9-14/h13-14,16H,4-12H2,1-3H3. The van der Waals surface area contributed by atoms with Gasteiger partial charge in [-0.15, -0.1) is 0 Å². The van der Waals surface area contributed by atoms with E-state index in [0.717, 1.165) is 25.6 Å². The molecule has 1 aliphatic carbocycles. The van der Waals surface area contributed by atoms with E-state index >= 15 is 0 Å². The number of methoxy groups -OCH3 is 1. The molecule has 0 radical (unpaired) electrons.